The van der Waals surface area contributed by atoms with E-state index in [1.54, 1.807) is 11.3 Å². The van der Waals surface area contributed by atoms with Gasteiger partial charge in [-0.05, 0) is 23.9 Å². The number of aliphatic hydroxyl groups is 1. The molecule has 1 aromatic heterocycles. The molecule has 1 unspecified atom stereocenters. The van der Waals surface area contributed by atoms with Crippen LogP contribution in [0.1, 0.15) is 10.4 Å². The fraction of sp³-hybridized carbons (Fsp3) is 0.375. The first-order chi connectivity index (χ1) is 5.61. The lowest BCUT2D eigenvalue weighted by Crippen LogP contribution is -2.21. The molecule has 66 valence electrons. The van der Waals surface area contributed by atoms with Crippen LogP contribution in [0, 0.1) is 6.92 Å². The van der Waals surface area contributed by atoms with Crippen LogP contribution in [-0.2, 0) is 11.2 Å². The van der Waals surface area contributed by atoms with Crippen molar-refractivity contribution in [2.75, 3.05) is 0 Å². The lowest BCUT2D eigenvalue weighted by Gasteiger charge is -2.03. The molecular weight excluding hydrogens is 176 g/mol. The van der Waals surface area contributed by atoms with Crippen molar-refractivity contribution in [3.63, 3.8) is 0 Å². The molecule has 0 saturated heterocycles. The van der Waals surface area contributed by atoms with E-state index in [0.717, 1.165) is 10.4 Å². The Bertz CT molecular complexity index is 280. The van der Waals surface area contributed by atoms with Gasteiger partial charge in [0, 0.05) is 11.3 Å². The van der Waals surface area contributed by atoms with Gasteiger partial charge in [-0.3, -0.25) is 0 Å². The van der Waals surface area contributed by atoms with E-state index < -0.39 is 12.1 Å². The van der Waals surface area contributed by atoms with Gasteiger partial charge in [-0.2, -0.15) is 0 Å². The predicted molar refractivity (Wildman–Crippen MR) is 46.4 cm³/mol. The molecule has 0 aromatic carbocycles. The van der Waals surface area contributed by atoms with Crippen LogP contribution in [0.4, 0.5) is 0 Å². The van der Waals surface area contributed by atoms with Gasteiger partial charge in [0.2, 0.25) is 0 Å². The maximum absolute atomic E-state index is 10.3. The first-order valence-corrected chi connectivity index (χ1v) is 4.43. The van der Waals surface area contributed by atoms with E-state index >= 15 is 0 Å². The van der Waals surface area contributed by atoms with Gasteiger partial charge >= 0.3 is 5.97 Å². The molecule has 0 saturated carbocycles. The van der Waals surface area contributed by atoms with Crippen LogP contribution in [0.25, 0.3) is 0 Å². The Labute approximate surface area is 74.3 Å². The second-order valence-electron chi connectivity index (χ2n) is 2.56. The van der Waals surface area contributed by atoms with Crippen molar-refractivity contribution in [2.24, 2.45) is 0 Å². The minimum absolute atomic E-state index is 0.199. The molecule has 1 atom stereocenters. The Kier molecular flexibility index (Phi) is 2.83. The number of aliphatic carboxylic acids is 1. The van der Waals surface area contributed by atoms with E-state index in [1.807, 2.05) is 18.4 Å². The van der Waals surface area contributed by atoms with Crippen LogP contribution in [0.5, 0.6) is 0 Å². The number of hydrogen-bond acceptors (Lipinski definition) is 3. The van der Waals surface area contributed by atoms with Gasteiger partial charge in [0.05, 0.1) is 0 Å². The molecule has 12 heavy (non-hydrogen) atoms. The second kappa shape index (κ2) is 3.69. The summed E-state index contributed by atoms with van der Waals surface area (Å²) in [6.45, 7) is 1.91. The van der Waals surface area contributed by atoms with Crippen LogP contribution in [0.3, 0.4) is 0 Å². The van der Waals surface area contributed by atoms with E-state index in [4.69, 9.17) is 10.2 Å². The van der Waals surface area contributed by atoms with E-state index in [0.29, 0.717) is 0 Å². The summed E-state index contributed by atoms with van der Waals surface area (Å²) in [6.07, 6.45) is -1.08. The first kappa shape index (κ1) is 9.22. The summed E-state index contributed by atoms with van der Waals surface area (Å²) in [5.41, 5.74) is 0.912. The number of carboxylic acids is 1. The predicted octanol–water partition coefficient (Wildman–Crippen LogP) is 1.04. The van der Waals surface area contributed by atoms with Gasteiger partial charge in [0.25, 0.3) is 0 Å². The smallest absolute Gasteiger partial charge is 0.332 e. The van der Waals surface area contributed by atoms with E-state index in [9.17, 15) is 4.79 Å². The standard InChI is InChI=1S/C8H10O3S/c1-5-6(2-3-12-5)4-7(9)8(10)11/h2-3,7,9H,4H2,1H3,(H,10,11). The number of hydrogen-bond donors (Lipinski definition) is 2. The van der Waals surface area contributed by atoms with Crippen LogP contribution in [0.15, 0.2) is 11.4 Å². The van der Waals surface area contributed by atoms with Crippen molar-refractivity contribution in [3.8, 4) is 0 Å². The quantitative estimate of drug-likeness (QED) is 0.741. The van der Waals surface area contributed by atoms with Gasteiger partial charge in [-0.25, -0.2) is 4.79 Å². The zero-order chi connectivity index (χ0) is 9.14. The zero-order valence-electron chi connectivity index (χ0n) is 6.65. The van der Waals surface area contributed by atoms with Crippen molar-refractivity contribution in [1.82, 2.24) is 0 Å². The summed E-state index contributed by atoms with van der Waals surface area (Å²) in [6, 6.07) is 1.84. The summed E-state index contributed by atoms with van der Waals surface area (Å²) in [4.78, 5) is 11.4. The van der Waals surface area contributed by atoms with E-state index in [2.05, 4.69) is 0 Å². The van der Waals surface area contributed by atoms with Crippen LogP contribution >= 0.6 is 11.3 Å². The Morgan fingerprint density at radius 2 is 2.42 bits per heavy atom. The number of aliphatic hydroxyl groups excluding tert-OH is 1. The number of thiophene rings is 1. The Morgan fingerprint density at radius 3 is 2.83 bits per heavy atom. The number of carboxylic acid groups (broad SMARTS) is 1. The fourth-order valence-electron chi connectivity index (χ4n) is 0.919. The van der Waals surface area contributed by atoms with E-state index in [1.165, 1.54) is 0 Å². The minimum atomic E-state index is -1.28. The first-order valence-electron chi connectivity index (χ1n) is 3.55. The number of carbonyl (C=O) groups is 1. The largest absolute Gasteiger partial charge is 0.479 e. The summed E-state index contributed by atoms with van der Waals surface area (Å²) >= 11 is 1.55. The third-order valence-electron chi connectivity index (χ3n) is 1.66. The zero-order valence-corrected chi connectivity index (χ0v) is 7.47. The highest BCUT2D eigenvalue weighted by atomic mass is 32.1. The summed E-state index contributed by atoms with van der Waals surface area (Å²) in [5.74, 6) is -1.17. The topological polar surface area (TPSA) is 57.5 Å². The van der Waals surface area contributed by atoms with Gasteiger partial charge < -0.3 is 10.2 Å². The summed E-state index contributed by atoms with van der Waals surface area (Å²) in [7, 11) is 0. The average Bonchev–Trinajstić information content (AvgIpc) is 2.36. The Balaban J connectivity index is 2.64. The molecule has 1 heterocycles. The molecule has 0 amide bonds. The normalized spacial score (nSPS) is 12.8. The summed E-state index contributed by atoms with van der Waals surface area (Å²) < 4.78 is 0. The molecule has 0 radical (unpaired) electrons. The number of rotatable bonds is 3. The maximum atomic E-state index is 10.3. The second-order valence-corrected chi connectivity index (χ2v) is 3.68. The van der Waals surface area contributed by atoms with Crippen molar-refractivity contribution in [2.45, 2.75) is 19.4 Å². The highest BCUT2D eigenvalue weighted by Crippen LogP contribution is 2.16. The molecule has 0 aliphatic carbocycles. The monoisotopic (exact) mass is 186 g/mol. The molecule has 0 bridgehead atoms. The van der Waals surface area contributed by atoms with Crippen LogP contribution in [-0.4, -0.2) is 22.3 Å². The molecule has 2 N–H and O–H groups in total. The third kappa shape index (κ3) is 2.06. The minimum Gasteiger partial charge on any atom is -0.479 e. The lowest BCUT2D eigenvalue weighted by molar-refractivity contribution is -0.146. The fourth-order valence-corrected chi connectivity index (χ4v) is 1.66. The maximum Gasteiger partial charge on any atom is 0.332 e. The molecule has 0 aliphatic rings. The van der Waals surface area contributed by atoms with Crippen molar-refractivity contribution < 1.29 is 15.0 Å². The lowest BCUT2D eigenvalue weighted by atomic mass is 10.1. The molecule has 3 nitrogen and oxygen atoms in total. The summed E-state index contributed by atoms with van der Waals surface area (Å²) in [5, 5.41) is 19.3. The molecule has 0 aliphatic heterocycles. The van der Waals surface area contributed by atoms with Crippen molar-refractivity contribution in [3.05, 3.63) is 21.9 Å². The molecule has 1 aromatic rings. The number of aryl methyl sites for hydroxylation is 1. The molecule has 0 spiro atoms. The highest BCUT2D eigenvalue weighted by Gasteiger charge is 2.14. The highest BCUT2D eigenvalue weighted by molar-refractivity contribution is 7.10. The molecular formula is C8H10O3S. The van der Waals surface area contributed by atoms with E-state index in [-0.39, 0.29) is 6.42 Å². The van der Waals surface area contributed by atoms with Gasteiger partial charge in [-0.1, -0.05) is 0 Å². The molecule has 4 heteroatoms. The van der Waals surface area contributed by atoms with Crippen molar-refractivity contribution in [1.29, 1.82) is 0 Å². The van der Waals surface area contributed by atoms with Gasteiger partial charge in [-0.15, -0.1) is 11.3 Å². The van der Waals surface area contributed by atoms with Gasteiger partial charge in [0.15, 0.2) is 6.10 Å². The van der Waals surface area contributed by atoms with Gasteiger partial charge in [0.1, 0.15) is 0 Å². The van der Waals surface area contributed by atoms with Crippen LogP contribution < -0.4 is 0 Å². The molecule has 0 fully saturated rings. The van der Waals surface area contributed by atoms with Crippen molar-refractivity contribution >= 4 is 17.3 Å². The SMILES string of the molecule is Cc1sccc1CC(O)C(=O)O. The average molecular weight is 186 g/mol. The Morgan fingerprint density at radius 1 is 1.75 bits per heavy atom. The third-order valence-corrected chi connectivity index (χ3v) is 2.55. The molecule has 1 rings (SSSR count). The Hall–Kier alpha value is -0.870. The van der Waals surface area contributed by atoms with Crippen LogP contribution in [0.2, 0.25) is 0 Å².